The molecule has 6 heteroatoms. The van der Waals surface area contributed by atoms with Crippen LogP contribution < -0.4 is 5.32 Å². The molecule has 19 heavy (non-hydrogen) atoms. The Kier molecular flexibility index (Phi) is 4.55. The zero-order valence-electron chi connectivity index (χ0n) is 10.5. The fourth-order valence-electron chi connectivity index (χ4n) is 1.80. The minimum atomic E-state index is -0.122. The maximum absolute atomic E-state index is 11.9. The second-order valence-corrected chi connectivity index (χ2v) is 5.78. The smallest absolute Gasteiger partial charge is 0.251 e. The van der Waals surface area contributed by atoms with E-state index >= 15 is 0 Å². The zero-order chi connectivity index (χ0) is 13.8. The van der Waals surface area contributed by atoms with Crippen LogP contribution in [0.1, 0.15) is 15.9 Å². The Morgan fingerprint density at radius 3 is 2.84 bits per heavy atom. The number of carbonyl (C=O) groups excluding carboxylic acids is 2. The van der Waals surface area contributed by atoms with Crippen molar-refractivity contribution in [1.29, 1.82) is 0 Å². The lowest BCUT2D eigenvalue weighted by Crippen LogP contribution is -2.37. The molecule has 1 aromatic carbocycles. The predicted octanol–water partition coefficient (Wildman–Crippen LogP) is 1.59. The van der Waals surface area contributed by atoms with Crippen LogP contribution in [-0.2, 0) is 4.79 Å². The molecular formula is C13H14N2O2S2. The SMILES string of the molecule is Cc1ccccc1C(=O)NCCN1C(=O)CSC1=S. The highest BCUT2D eigenvalue weighted by atomic mass is 32.2. The lowest BCUT2D eigenvalue weighted by molar-refractivity contribution is -0.123. The molecule has 0 aromatic heterocycles. The quantitative estimate of drug-likeness (QED) is 0.857. The van der Waals surface area contributed by atoms with E-state index in [2.05, 4.69) is 5.32 Å². The maximum atomic E-state index is 11.9. The van der Waals surface area contributed by atoms with Crippen LogP contribution in [0.5, 0.6) is 0 Å². The van der Waals surface area contributed by atoms with Crippen LogP contribution in [0.2, 0.25) is 0 Å². The number of rotatable bonds is 4. The average Bonchev–Trinajstić information content (AvgIpc) is 2.70. The van der Waals surface area contributed by atoms with Gasteiger partial charge in [-0.05, 0) is 18.6 Å². The molecule has 1 N–H and O–H groups in total. The van der Waals surface area contributed by atoms with E-state index in [9.17, 15) is 9.59 Å². The molecule has 1 aliphatic heterocycles. The molecule has 2 rings (SSSR count). The van der Waals surface area contributed by atoms with Crippen LogP contribution >= 0.6 is 24.0 Å². The first-order valence-electron chi connectivity index (χ1n) is 5.90. The van der Waals surface area contributed by atoms with Crippen LogP contribution in [0.4, 0.5) is 0 Å². The van der Waals surface area contributed by atoms with E-state index in [4.69, 9.17) is 12.2 Å². The summed E-state index contributed by atoms with van der Waals surface area (Å²) in [5, 5.41) is 2.81. The van der Waals surface area contributed by atoms with Gasteiger partial charge in [-0.15, -0.1) is 0 Å². The van der Waals surface area contributed by atoms with E-state index < -0.39 is 0 Å². The zero-order valence-corrected chi connectivity index (χ0v) is 12.1. The van der Waals surface area contributed by atoms with E-state index in [1.54, 1.807) is 6.07 Å². The molecule has 2 amide bonds. The summed E-state index contributed by atoms with van der Waals surface area (Å²) in [6.07, 6.45) is 0. The predicted molar refractivity (Wildman–Crippen MR) is 80.3 cm³/mol. The van der Waals surface area contributed by atoms with Crippen LogP contribution in [0.3, 0.4) is 0 Å². The molecule has 1 aromatic rings. The summed E-state index contributed by atoms with van der Waals surface area (Å²) in [5.41, 5.74) is 1.59. The van der Waals surface area contributed by atoms with Crippen molar-refractivity contribution in [3.05, 3.63) is 35.4 Å². The number of nitrogens with one attached hydrogen (secondary N) is 1. The second-order valence-electron chi connectivity index (χ2n) is 4.17. The maximum Gasteiger partial charge on any atom is 0.251 e. The average molecular weight is 294 g/mol. The van der Waals surface area contributed by atoms with Gasteiger partial charge in [0.05, 0.1) is 5.75 Å². The van der Waals surface area contributed by atoms with Crippen LogP contribution in [0.25, 0.3) is 0 Å². The highest BCUT2D eigenvalue weighted by Gasteiger charge is 2.25. The van der Waals surface area contributed by atoms with Crippen molar-refractivity contribution >= 4 is 40.1 Å². The number of hydrogen-bond donors (Lipinski definition) is 1. The molecule has 1 heterocycles. The van der Waals surface area contributed by atoms with Gasteiger partial charge in [-0.25, -0.2) is 0 Å². The van der Waals surface area contributed by atoms with Crippen LogP contribution in [0.15, 0.2) is 24.3 Å². The highest BCUT2D eigenvalue weighted by molar-refractivity contribution is 8.23. The Morgan fingerprint density at radius 2 is 2.21 bits per heavy atom. The van der Waals surface area contributed by atoms with E-state index in [1.165, 1.54) is 16.7 Å². The van der Waals surface area contributed by atoms with E-state index in [1.807, 2.05) is 25.1 Å². The Bertz CT molecular complexity index is 515. The standard InChI is InChI=1S/C13H14N2O2S2/c1-9-4-2-3-5-10(9)12(17)14-6-7-15-11(16)8-19-13(15)18/h2-5H,6-8H2,1H3,(H,14,17). The van der Waals surface area contributed by atoms with Gasteiger partial charge in [0.1, 0.15) is 4.32 Å². The largest absolute Gasteiger partial charge is 0.350 e. The number of aryl methyl sites for hydroxylation is 1. The van der Waals surface area contributed by atoms with Gasteiger partial charge in [-0.3, -0.25) is 14.5 Å². The van der Waals surface area contributed by atoms with Gasteiger partial charge in [0, 0.05) is 18.7 Å². The van der Waals surface area contributed by atoms with Gasteiger partial charge in [0.25, 0.3) is 5.91 Å². The Morgan fingerprint density at radius 1 is 1.47 bits per heavy atom. The normalized spacial score (nSPS) is 14.9. The number of thioether (sulfide) groups is 1. The molecule has 0 saturated carbocycles. The van der Waals surface area contributed by atoms with E-state index in [-0.39, 0.29) is 11.8 Å². The van der Waals surface area contributed by atoms with Crippen molar-refractivity contribution in [2.24, 2.45) is 0 Å². The van der Waals surface area contributed by atoms with Crippen molar-refractivity contribution in [2.75, 3.05) is 18.8 Å². The summed E-state index contributed by atoms with van der Waals surface area (Å²) < 4.78 is 0.593. The number of nitrogens with zero attached hydrogens (tertiary/aromatic N) is 1. The first-order chi connectivity index (χ1) is 9.09. The summed E-state index contributed by atoms with van der Waals surface area (Å²) in [6.45, 7) is 2.73. The third kappa shape index (κ3) is 3.33. The molecule has 1 fully saturated rings. The lowest BCUT2D eigenvalue weighted by atomic mass is 10.1. The van der Waals surface area contributed by atoms with Crippen LogP contribution in [0, 0.1) is 6.92 Å². The van der Waals surface area contributed by atoms with Gasteiger partial charge in [-0.1, -0.05) is 42.2 Å². The highest BCUT2D eigenvalue weighted by Crippen LogP contribution is 2.18. The molecule has 0 unspecified atom stereocenters. The molecule has 4 nitrogen and oxygen atoms in total. The monoisotopic (exact) mass is 294 g/mol. The third-order valence-corrected chi connectivity index (χ3v) is 4.28. The van der Waals surface area contributed by atoms with Gasteiger partial charge >= 0.3 is 0 Å². The number of benzene rings is 1. The molecular weight excluding hydrogens is 280 g/mol. The summed E-state index contributed by atoms with van der Waals surface area (Å²) in [7, 11) is 0. The minimum Gasteiger partial charge on any atom is -0.350 e. The van der Waals surface area contributed by atoms with Crippen molar-refractivity contribution in [3.8, 4) is 0 Å². The molecule has 0 spiro atoms. The van der Waals surface area contributed by atoms with E-state index in [0.29, 0.717) is 28.7 Å². The minimum absolute atomic E-state index is 0.0140. The van der Waals surface area contributed by atoms with E-state index in [0.717, 1.165) is 5.56 Å². The lowest BCUT2D eigenvalue weighted by Gasteiger charge is -2.15. The number of thiocarbonyl (C=S) groups is 1. The van der Waals surface area contributed by atoms with Gasteiger partial charge < -0.3 is 5.32 Å². The molecule has 0 radical (unpaired) electrons. The number of amides is 2. The molecule has 100 valence electrons. The fourth-order valence-corrected chi connectivity index (χ4v) is 2.92. The molecule has 1 saturated heterocycles. The van der Waals surface area contributed by atoms with Crippen molar-refractivity contribution in [2.45, 2.75) is 6.92 Å². The van der Waals surface area contributed by atoms with Crippen molar-refractivity contribution < 1.29 is 9.59 Å². The molecule has 1 aliphatic rings. The first-order valence-corrected chi connectivity index (χ1v) is 7.30. The third-order valence-electron chi connectivity index (χ3n) is 2.85. The molecule has 0 aliphatic carbocycles. The Hall–Kier alpha value is -1.40. The second kappa shape index (κ2) is 6.16. The summed E-state index contributed by atoms with van der Waals surface area (Å²) in [6, 6.07) is 7.40. The number of hydrogen-bond acceptors (Lipinski definition) is 4. The molecule has 0 atom stereocenters. The first kappa shape index (κ1) is 14.0. The number of carbonyl (C=O) groups is 2. The van der Waals surface area contributed by atoms with Crippen molar-refractivity contribution in [3.63, 3.8) is 0 Å². The van der Waals surface area contributed by atoms with Crippen LogP contribution in [-0.4, -0.2) is 39.9 Å². The summed E-state index contributed by atoms with van der Waals surface area (Å²) >= 11 is 6.43. The Balaban J connectivity index is 1.86. The van der Waals surface area contributed by atoms with Gasteiger partial charge in [0.15, 0.2) is 0 Å². The Labute approximate surface area is 121 Å². The van der Waals surface area contributed by atoms with Gasteiger partial charge in [-0.2, -0.15) is 0 Å². The fraction of sp³-hybridized carbons (Fsp3) is 0.308. The topological polar surface area (TPSA) is 49.4 Å². The van der Waals surface area contributed by atoms with Gasteiger partial charge in [0.2, 0.25) is 5.91 Å². The van der Waals surface area contributed by atoms with Crippen molar-refractivity contribution in [1.82, 2.24) is 10.2 Å². The summed E-state index contributed by atoms with van der Waals surface area (Å²) in [4.78, 5) is 25.0. The summed E-state index contributed by atoms with van der Waals surface area (Å²) in [5.74, 6) is 0.299. The molecule has 0 bridgehead atoms.